The lowest BCUT2D eigenvalue weighted by molar-refractivity contribution is -0.145. The molecule has 0 aliphatic rings. The molecule has 0 aromatic heterocycles. The lowest BCUT2D eigenvalue weighted by Gasteiger charge is -2.10. The maximum Gasteiger partial charge on any atom is 0.302 e. The summed E-state index contributed by atoms with van der Waals surface area (Å²) in [4.78, 5) is 10.7. The van der Waals surface area contributed by atoms with E-state index in [1.807, 2.05) is 6.92 Å². The zero-order valence-electron chi connectivity index (χ0n) is 11.7. The Morgan fingerprint density at radius 2 is 1.71 bits per heavy atom. The van der Waals surface area contributed by atoms with Crippen molar-refractivity contribution in [3.63, 3.8) is 0 Å². The molecule has 2 nitrogen and oxygen atoms in total. The molecule has 0 radical (unpaired) electrons. The van der Waals surface area contributed by atoms with Gasteiger partial charge in [-0.15, -0.1) is 0 Å². The predicted molar refractivity (Wildman–Crippen MR) is 73.0 cm³/mol. The van der Waals surface area contributed by atoms with Gasteiger partial charge in [0, 0.05) is 6.92 Å². The highest BCUT2D eigenvalue weighted by Crippen LogP contribution is 2.08. The van der Waals surface area contributed by atoms with E-state index in [1.54, 1.807) is 0 Å². The van der Waals surface area contributed by atoms with Crippen molar-refractivity contribution in [2.24, 2.45) is 0 Å². The molecule has 1 unspecified atom stereocenters. The maximum absolute atomic E-state index is 10.7. The number of carbonyl (C=O) groups excluding carboxylic acids is 1. The Kier molecular flexibility index (Phi) is 11.1. The molecule has 0 bridgehead atoms. The molecule has 1 atom stereocenters. The summed E-state index contributed by atoms with van der Waals surface area (Å²) in [7, 11) is 0. The molecule has 0 spiro atoms. The van der Waals surface area contributed by atoms with Crippen LogP contribution in [0.4, 0.5) is 0 Å². The normalized spacial score (nSPS) is 12.9. The Morgan fingerprint density at radius 1 is 1.12 bits per heavy atom. The van der Waals surface area contributed by atoms with Crippen LogP contribution in [0.5, 0.6) is 0 Å². The first-order chi connectivity index (χ1) is 8.16. The highest BCUT2D eigenvalue weighted by molar-refractivity contribution is 5.66. The molecule has 0 fully saturated rings. The standard InChI is InChI=1S/C15H28O2/c1-4-5-6-7-8-9-10-11-12-13-14(2)17-15(3)16/h8-9,14H,4-7,10-13H2,1-3H3/b9-8-. The maximum atomic E-state index is 10.7. The van der Waals surface area contributed by atoms with Crippen LogP contribution in [0.2, 0.25) is 0 Å². The third-order valence-corrected chi connectivity index (χ3v) is 2.74. The predicted octanol–water partition coefficient (Wildman–Crippen LogP) is 4.63. The number of esters is 1. The largest absolute Gasteiger partial charge is 0.463 e. The van der Waals surface area contributed by atoms with Crippen LogP contribution < -0.4 is 0 Å². The third kappa shape index (κ3) is 13.1. The van der Waals surface area contributed by atoms with Crippen molar-refractivity contribution in [1.82, 2.24) is 0 Å². The van der Waals surface area contributed by atoms with Crippen molar-refractivity contribution in [2.75, 3.05) is 0 Å². The van der Waals surface area contributed by atoms with Gasteiger partial charge < -0.3 is 4.74 Å². The molecule has 2 heteroatoms. The van der Waals surface area contributed by atoms with Gasteiger partial charge in [0.05, 0.1) is 6.10 Å². The van der Waals surface area contributed by atoms with Crippen LogP contribution in [-0.4, -0.2) is 12.1 Å². The summed E-state index contributed by atoms with van der Waals surface area (Å²) in [5.41, 5.74) is 0. The van der Waals surface area contributed by atoms with E-state index in [1.165, 1.54) is 39.0 Å². The van der Waals surface area contributed by atoms with E-state index in [9.17, 15) is 4.79 Å². The zero-order chi connectivity index (χ0) is 12.9. The fourth-order valence-electron chi connectivity index (χ4n) is 1.78. The summed E-state index contributed by atoms with van der Waals surface area (Å²) >= 11 is 0. The molecule has 0 N–H and O–H groups in total. The third-order valence-electron chi connectivity index (χ3n) is 2.74. The zero-order valence-corrected chi connectivity index (χ0v) is 11.7. The van der Waals surface area contributed by atoms with Crippen LogP contribution in [0.1, 0.15) is 72.1 Å². The summed E-state index contributed by atoms with van der Waals surface area (Å²) in [5, 5.41) is 0. The first kappa shape index (κ1) is 16.2. The Morgan fingerprint density at radius 3 is 2.24 bits per heavy atom. The number of unbranched alkanes of at least 4 members (excludes halogenated alkanes) is 5. The molecule has 0 aromatic carbocycles. The Hall–Kier alpha value is -0.790. The monoisotopic (exact) mass is 240 g/mol. The Balaban J connectivity index is 3.25. The molecule has 17 heavy (non-hydrogen) atoms. The quantitative estimate of drug-likeness (QED) is 0.316. The van der Waals surface area contributed by atoms with Gasteiger partial charge in [0.15, 0.2) is 0 Å². The second-order valence-corrected chi connectivity index (χ2v) is 4.67. The number of carbonyl (C=O) groups is 1. The number of allylic oxidation sites excluding steroid dienone is 2. The first-order valence-corrected chi connectivity index (χ1v) is 6.99. The molecule has 0 rings (SSSR count). The number of rotatable bonds is 10. The molecule has 0 aliphatic heterocycles. The van der Waals surface area contributed by atoms with Crippen LogP contribution in [0.15, 0.2) is 12.2 Å². The average Bonchev–Trinajstić information content (AvgIpc) is 2.26. The van der Waals surface area contributed by atoms with Crippen molar-refractivity contribution in [3.8, 4) is 0 Å². The van der Waals surface area contributed by atoms with Gasteiger partial charge in [-0.05, 0) is 45.4 Å². The van der Waals surface area contributed by atoms with Gasteiger partial charge >= 0.3 is 5.97 Å². The lowest BCUT2D eigenvalue weighted by Crippen LogP contribution is -2.11. The minimum absolute atomic E-state index is 0.0704. The molecule has 0 heterocycles. The van der Waals surface area contributed by atoms with Crippen molar-refractivity contribution < 1.29 is 9.53 Å². The van der Waals surface area contributed by atoms with E-state index < -0.39 is 0 Å². The average molecular weight is 240 g/mol. The lowest BCUT2D eigenvalue weighted by atomic mass is 10.1. The fraction of sp³-hybridized carbons (Fsp3) is 0.800. The number of hydrogen-bond donors (Lipinski definition) is 0. The molecule has 0 aromatic rings. The molecular formula is C15H28O2. The van der Waals surface area contributed by atoms with Crippen molar-refractivity contribution in [2.45, 2.75) is 78.2 Å². The van der Waals surface area contributed by atoms with Gasteiger partial charge in [0.25, 0.3) is 0 Å². The minimum atomic E-state index is -0.173. The van der Waals surface area contributed by atoms with E-state index in [2.05, 4.69) is 19.1 Å². The highest BCUT2D eigenvalue weighted by atomic mass is 16.5. The van der Waals surface area contributed by atoms with Gasteiger partial charge in [-0.3, -0.25) is 4.79 Å². The number of hydrogen-bond acceptors (Lipinski definition) is 2. The van der Waals surface area contributed by atoms with Crippen molar-refractivity contribution >= 4 is 5.97 Å². The van der Waals surface area contributed by atoms with E-state index in [0.717, 1.165) is 19.3 Å². The Labute approximate surface area is 106 Å². The van der Waals surface area contributed by atoms with Crippen LogP contribution in [0.3, 0.4) is 0 Å². The summed E-state index contributed by atoms with van der Waals surface area (Å²) in [5.74, 6) is -0.173. The second-order valence-electron chi connectivity index (χ2n) is 4.67. The van der Waals surface area contributed by atoms with Gasteiger partial charge in [0.1, 0.15) is 0 Å². The summed E-state index contributed by atoms with van der Waals surface area (Å²) < 4.78 is 5.07. The van der Waals surface area contributed by atoms with E-state index >= 15 is 0 Å². The smallest absolute Gasteiger partial charge is 0.302 e. The van der Waals surface area contributed by atoms with E-state index in [0.29, 0.717) is 0 Å². The van der Waals surface area contributed by atoms with E-state index in [4.69, 9.17) is 4.74 Å². The summed E-state index contributed by atoms with van der Waals surface area (Å²) in [6.45, 7) is 5.66. The molecule has 0 saturated heterocycles. The molecule has 100 valence electrons. The van der Waals surface area contributed by atoms with Crippen molar-refractivity contribution in [3.05, 3.63) is 12.2 Å². The van der Waals surface area contributed by atoms with Crippen LogP contribution in [0, 0.1) is 0 Å². The minimum Gasteiger partial charge on any atom is -0.463 e. The van der Waals surface area contributed by atoms with Gasteiger partial charge in [0.2, 0.25) is 0 Å². The molecule has 0 amide bonds. The van der Waals surface area contributed by atoms with Crippen LogP contribution >= 0.6 is 0 Å². The number of ether oxygens (including phenoxy) is 1. The SMILES string of the molecule is CCCCC/C=C\CCCCC(C)OC(C)=O. The summed E-state index contributed by atoms with van der Waals surface area (Å²) in [6.07, 6.45) is 14.3. The molecule has 0 saturated carbocycles. The second kappa shape index (κ2) is 11.7. The van der Waals surface area contributed by atoms with Crippen LogP contribution in [0.25, 0.3) is 0 Å². The Bertz CT molecular complexity index is 209. The van der Waals surface area contributed by atoms with Crippen LogP contribution in [-0.2, 0) is 9.53 Å². The first-order valence-electron chi connectivity index (χ1n) is 6.99. The fourth-order valence-corrected chi connectivity index (χ4v) is 1.78. The van der Waals surface area contributed by atoms with E-state index in [-0.39, 0.29) is 12.1 Å². The molecule has 0 aliphatic carbocycles. The molecular weight excluding hydrogens is 212 g/mol. The highest BCUT2D eigenvalue weighted by Gasteiger charge is 2.03. The topological polar surface area (TPSA) is 26.3 Å². The van der Waals surface area contributed by atoms with Gasteiger partial charge in [-0.2, -0.15) is 0 Å². The van der Waals surface area contributed by atoms with Crippen molar-refractivity contribution in [1.29, 1.82) is 0 Å². The van der Waals surface area contributed by atoms with Gasteiger partial charge in [-0.1, -0.05) is 31.9 Å². The summed E-state index contributed by atoms with van der Waals surface area (Å²) in [6, 6.07) is 0. The van der Waals surface area contributed by atoms with Gasteiger partial charge in [-0.25, -0.2) is 0 Å².